The number of carbonyl (C=O) groups is 1. The number of hydrogen-bond donors (Lipinski definition) is 1. The van der Waals surface area contributed by atoms with E-state index in [9.17, 15) is 4.79 Å². The van der Waals surface area contributed by atoms with Gasteiger partial charge in [-0.25, -0.2) is 4.98 Å². The first kappa shape index (κ1) is 18.5. The molecular formula is C22H26N4O2. The average molecular weight is 378 g/mol. The van der Waals surface area contributed by atoms with Crippen LogP contribution in [-0.4, -0.2) is 39.1 Å². The van der Waals surface area contributed by atoms with Crippen molar-refractivity contribution >= 4 is 5.91 Å². The first-order valence-electron chi connectivity index (χ1n) is 9.92. The zero-order chi connectivity index (χ0) is 19.5. The monoisotopic (exact) mass is 378 g/mol. The van der Waals surface area contributed by atoms with E-state index in [4.69, 9.17) is 4.42 Å². The summed E-state index contributed by atoms with van der Waals surface area (Å²) in [5.74, 6) is 1.02. The van der Waals surface area contributed by atoms with Crippen LogP contribution >= 0.6 is 0 Å². The fraction of sp³-hybridized carbons (Fsp3) is 0.409. The molecule has 0 unspecified atom stereocenters. The first-order valence-corrected chi connectivity index (χ1v) is 9.92. The standard InChI is InChI=1S/C22H26N4O2/c1-15(2)21-20(23-14-28-21)22(27)26-10-6-9-17(13-26)19-18(12-24-25-19)11-16-7-4-3-5-8-16/h3-5,7-8,12,14-15,17H,6,9-11,13H2,1-2H3,(H,24,25)/t17-/m1/s1. The molecule has 1 atom stereocenters. The first-order chi connectivity index (χ1) is 13.6. The number of nitrogens with one attached hydrogen (secondary N) is 1. The summed E-state index contributed by atoms with van der Waals surface area (Å²) in [6.07, 6.45) is 6.14. The Hall–Kier alpha value is -2.89. The number of amides is 1. The summed E-state index contributed by atoms with van der Waals surface area (Å²) >= 11 is 0. The normalized spacial score (nSPS) is 17.2. The Morgan fingerprint density at radius 1 is 1.32 bits per heavy atom. The Labute approximate surface area is 165 Å². The number of likely N-dealkylation sites (tertiary alicyclic amines) is 1. The molecule has 1 saturated heterocycles. The third-order valence-electron chi connectivity index (χ3n) is 5.43. The van der Waals surface area contributed by atoms with Gasteiger partial charge in [-0.2, -0.15) is 5.10 Å². The summed E-state index contributed by atoms with van der Waals surface area (Å²) in [6.45, 7) is 5.45. The van der Waals surface area contributed by atoms with E-state index in [2.05, 4.69) is 39.4 Å². The van der Waals surface area contributed by atoms with Crippen LogP contribution in [0, 0.1) is 0 Å². The van der Waals surface area contributed by atoms with Gasteiger partial charge in [-0.05, 0) is 24.0 Å². The molecule has 146 valence electrons. The molecular weight excluding hydrogens is 352 g/mol. The number of carbonyl (C=O) groups excluding carboxylic acids is 1. The predicted molar refractivity (Wildman–Crippen MR) is 106 cm³/mol. The highest BCUT2D eigenvalue weighted by atomic mass is 16.3. The van der Waals surface area contributed by atoms with E-state index in [1.807, 2.05) is 31.0 Å². The van der Waals surface area contributed by atoms with E-state index in [1.165, 1.54) is 17.5 Å². The van der Waals surface area contributed by atoms with E-state index >= 15 is 0 Å². The molecule has 3 heterocycles. The maximum atomic E-state index is 13.1. The van der Waals surface area contributed by atoms with Crippen molar-refractivity contribution in [1.82, 2.24) is 20.1 Å². The van der Waals surface area contributed by atoms with Gasteiger partial charge in [0.25, 0.3) is 5.91 Å². The molecule has 0 radical (unpaired) electrons. The zero-order valence-electron chi connectivity index (χ0n) is 16.4. The van der Waals surface area contributed by atoms with E-state index in [-0.39, 0.29) is 17.7 Å². The van der Waals surface area contributed by atoms with Crippen molar-refractivity contribution in [3.63, 3.8) is 0 Å². The van der Waals surface area contributed by atoms with Gasteiger partial charge in [0.05, 0.1) is 6.20 Å². The second-order valence-electron chi connectivity index (χ2n) is 7.78. The van der Waals surface area contributed by atoms with Crippen molar-refractivity contribution in [3.05, 3.63) is 71.2 Å². The van der Waals surface area contributed by atoms with Gasteiger partial charge in [0.1, 0.15) is 5.76 Å². The van der Waals surface area contributed by atoms with Crippen molar-refractivity contribution in [1.29, 1.82) is 0 Å². The van der Waals surface area contributed by atoms with Crippen LogP contribution in [0.1, 0.15) is 71.6 Å². The van der Waals surface area contributed by atoms with Crippen molar-refractivity contribution < 1.29 is 9.21 Å². The summed E-state index contributed by atoms with van der Waals surface area (Å²) in [5.41, 5.74) is 4.06. The average Bonchev–Trinajstić information content (AvgIpc) is 3.38. The van der Waals surface area contributed by atoms with E-state index < -0.39 is 0 Å². The topological polar surface area (TPSA) is 75.0 Å². The minimum Gasteiger partial charge on any atom is -0.447 e. The van der Waals surface area contributed by atoms with Gasteiger partial charge in [0.15, 0.2) is 12.1 Å². The molecule has 2 aromatic heterocycles. The molecule has 1 aliphatic rings. The largest absolute Gasteiger partial charge is 0.447 e. The van der Waals surface area contributed by atoms with Crippen molar-refractivity contribution in [3.8, 4) is 0 Å². The van der Waals surface area contributed by atoms with Crippen LogP contribution in [0.5, 0.6) is 0 Å². The quantitative estimate of drug-likeness (QED) is 0.724. The highest BCUT2D eigenvalue weighted by Crippen LogP contribution is 2.30. The molecule has 1 aromatic carbocycles. The smallest absolute Gasteiger partial charge is 0.276 e. The van der Waals surface area contributed by atoms with Crippen molar-refractivity contribution in [2.45, 2.75) is 44.9 Å². The lowest BCUT2D eigenvalue weighted by Crippen LogP contribution is -2.40. The van der Waals surface area contributed by atoms with Gasteiger partial charge in [0, 0.05) is 37.0 Å². The van der Waals surface area contributed by atoms with Crippen LogP contribution in [-0.2, 0) is 6.42 Å². The maximum Gasteiger partial charge on any atom is 0.276 e. The Kier molecular flexibility index (Phi) is 5.28. The molecule has 1 aliphatic heterocycles. The molecule has 1 fully saturated rings. The lowest BCUT2D eigenvalue weighted by Gasteiger charge is -2.32. The van der Waals surface area contributed by atoms with Gasteiger partial charge in [-0.1, -0.05) is 44.2 Å². The summed E-state index contributed by atoms with van der Waals surface area (Å²) in [5, 5.41) is 7.49. The van der Waals surface area contributed by atoms with Crippen molar-refractivity contribution in [2.75, 3.05) is 13.1 Å². The molecule has 1 N–H and O–H groups in total. The summed E-state index contributed by atoms with van der Waals surface area (Å²) in [7, 11) is 0. The van der Waals surface area contributed by atoms with Crippen LogP contribution < -0.4 is 0 Å². The SMILES string of the molecule is CC(C)c1ocnc1C(=O)N1CCC[C@@H](c2[nH]ncc2Cc2ccccc2)C1. The van der Waals surface area contributed by atoms with E-state index in [0.29, 0.717) is 18.0 Å². The molecule has 0 spiro atoms. The second-order valence-corrected chi connectivity index (χ2v) is 7.78. The van der Waals surface area contributed by atoms with Gasteiger partial charge >= 0.3 is 0 Å². The van der Waals surface area contributed by atoms with Crippen LogP contribution in [0.4, 0.5) is 0 Å². The Morgan fingerprint density at radius 3 is 2.93 bits per heavy atom. The molecule has 0 saturated carbocycles. The minimum absolute atomic E-state index is 0.0359. The molecule has 6 heteroatoms. The van der Waals surface area contributed by atoms with Gasteiger partial charge in [-0.3, -0.25) is 9.89 Å². The van der Waals surface area contributed by atoms with E-state index in [1.54, 1.807) is 0 Å². The molecule has 6 nitrogen and oxygen atoms in total. The van der Waals surface area contributed by atoms with Gasteiger partial charge in [0.2, 0.25) is 0 Å². The van der Waals surface area contributed by atoms with Crippen LogP contribution in [0.3, 0.4) is 0 Å². The molecule has 28 heavy (non-hydrogen) atoms. The summed E-state index contributed by atoms with van der Waals surface area (Å²) < 4.78 is 5.45. The molecule has 1 amide bonds. The predicted octanol–water partition coefficient (Wildman–Crippen LogP) is 4.13. The third-order valence-corrected chi connectivity index (χ3v) is 5.43. The number of hydrogen-bond acceptors (Lipinski definition) is 4. The van der Waals surface area contributed by atoms with E-state index in [0.717, 1.165) is 31.5 Å². The minimum atomic E-state index is -0.0359. The van der Waals surface area contributed by atoms with Crippen LogP contribution in [0.25, 0.3) is 0 Å². The number of benzene rings is 1. The second kappa shape index (κ2) is 8.00. The van der Waals surface area contributed by atoms with Crippen LogP contribution in [0.2, 0.25) is 0 Å². The van der Waals surface area contributed by atoms with Crippen molar-refractivity contribution in [2.24, 2.45) is 0 Å². The fourth-order valence-electron chi connectivity index (χ4n) is 4.00. The van der Waals surface area contributed by atoms with Crippen LogP contribution in [0.15, 0.2) is 47.3 Å². The number of rotatable bonds is 5. The van der Waals surface area contributed by atoms with Gasteiger partial charge in [-0.15, -0.1) is 0 Å². The summed E-state index contributed by atoms with van der Waals surface area (Å²) in [4.78, 5) is 19.2. The lowest BCUT2D eigenvalue weighted by molar-refractivity contribution is 0.0697. The zero-order valence-corrected chi connectivity index (χ0v) is 16.4. The number of aromatic amines is 1. The number of piperidine rings is 1. The maximum absolute atomic E-state index is 13.1. The molecule has 3 aromatic rings. The molecule has 0 bridgehead atoms. The fourth-order valence-corrected chi connectivity index (χ4v) is 4.00. The number of H-pyrrole nitrogens is 1. The molecule has 4 rings (SSSR count). The summed E-state index contributed by atoms with van der Waals surface area (Å²) in [6, 6.07) is 10.4. The highest BCUT2D eigenvalue weighted by Gasteiger charge is 2.30. The number of aromatic nitrogens is 3. The Bertz CT molecular complexity index is 929. The Morgan fingerprint density at radius 2 is 2.14 bits per heavy atom. The Balaban J connectivity index is 1.51. The highest BCUT2D eigenvalue weighted by molar-refractivity contribution is 5.93. The number of oxazole rings is 1. The van der Waals surface area contributed by atoms with Gasteiger partial charge < -0.3 is 9.32 Å². The third kappa shape index (κ3) is 3.72. The molecule has 0 aliphatic carbocycles. The number of nitrogens with zero attached hydrogens (tertiary/aromatic N) is 3. The lowest BCUT2D eigenvalue weighted by atomic mass is 9.90.